The first-order chi connectivity index (χ1) is 4.70. The molecular weight excluding hydrogens is 170 g/mol. The van der Waals surface area contributed by atoms with E-state index in [-0.39, 0.29) is 24.9 Å². The van der Waals surface area contributed by atoms with Gasteiger partial charge in [-0.05, 0) is 0 Å². The predicted octanol–water partition coefficient (Wildman–Crippen LogP) is -2.02. The minimum atomic E-state index is -0.431. The van der Waals surface area contributed by atoms with E-state index in [1.165, 1.54) is 0 Å². The fraction of sp³-hybridized carbons (Fsp3) is 0.600. The maximum absolute atomic E-state index is 10.5. The second kappa shape index (κ2) is 4.15. The van der Waals surface area contributed by atoms with E-state index in [1.807, 2.05) is 0 Å². The third-order valence-corrected chi connectivity index (χ3v) is 1.36. The Hall–Kier alpha value is -0.810. The summed E-state index contributed by atoms with van der Waals surface area (Å²) >= 11 is 0. The van der Waals surface area contributed by atoms with Crippen LogP contribution < -0.4 is 16.4 Å². The summed E-state index contributed by atoms with van der Waals surface area (Å²) in [4.78, 5) is 21.0. The van der Waals surface area contributed by atoms with Crippen LogP contribution in [0.4, 0.5) is 0 Å². The van der Waals surface area contributed by atoms with Crippen LogP contribution in [0.3, 0.4) is 0 Å². The molecule has 0 bridgehead atoms. The van der Waals surface area contributed by atoms with Crippen molar-refractivity contribution in [3.63, 3.8) is 0 Å². The van der Waals surface area contributed by atoms with Crippen molar-refractivity contribution in [3.05, 3.63) is 0 Å². The van der Waals surface area contributed by atoms with E-state index in [0.29, 0.717) is 6.54 Å². The van der Waals surface area contributed by atoms with Crippen LogP contribution in [0.1, 0.15) is 0 Å². The van der Waals surface area contributed by atoms with Crippen LogP contribution in [0.5, 0.6) is 0 Å². The van der Waals surface area contributed by atoms with Gasteiger partial charge in [0.15, 0.2) is 0 Å². The van der Waals surface area contributed by atoms with Crippen LogP contribution >= 0.6 is 12.4 Å². The van der Waals surface area contributed by atoms with E-state index in [2.05, 4.69) is 10.6 Å². The maximum Gasteiger partial charge on any atom is 0.236 e. The van der Waals surface area contributed by atoms with Crippen molar-refractivity contribution in [2.45, 2.75) is 6.04 Å². The van der Waals surface area contributed by atoms with Crippen molar-refractivity contribution >= 4 is 24.2 Å². The van der Waals surface area contributed by atoms with Gasteiger partial charge in [0.25, 0.3) is 0 Å². The zero-order valence-electron chi connectivity index (χ0n) is 5.79. The third-order valence-electron chi connectivity index (χ3n) is 1.36. The predicted molar refractivity (Wildman–Crippen MR) is 41.2 cm³/mol. The molecule has 1 atom stereocenters. The number of halogens is 1. The maximum atomic E-state index is 10.5. The van der Waals surface area contributed by atoms with Gasteiger partial charge in [0.2, 0.25) is 11.8 Å². The highest BCUT2D eigenvalue weighted by Gasteiger charge is 2.20. The molecule has 0 spiro atoms. The Labute approximate surface area is 70.1 Å². The number of hydrogen-bond acceptors (Lipinski definition) is 3. The Balaban J connectivity index is 0.000001000. The van der Waals surface area contributed by atoms with Crippen molar-refractivity contribution in [1.82, 2.24) is 10.6 Å². The highest BCUT2D eigenvalue weighted by molar-refractivity contribution is 5.85. The van der Waals surface area contributed by atoms with Crippen LogP contribution in [-0.4, -0.2) is 30.9 Å². The number of rotatable bonds is 1. The molecule has 1 fully saturated rings. The molecule has 1 saturated heterocycles. The molecule has 0 aromatic rings. The van der Waals surface area contributed by atoms with Crippen LogP contribution in [0.25, 0.3) is 0 Å². The number of nitrogens with one attached hydrogen (secondary N) is 2. The van der Waals surface area contributed by atoms with Crippen molar-refractivity contribution < 1.29 is 9.59 Å². The quantitative estimate of drug-likeness (QED) is 0.435. The van der Waals surface area contributed by atoms with Gasteiger partial charge in [0.05, 0.1) is 6.54 Å². The van der Waals surface area contributed by atoms with Crippen LogP contribution in [0.15, 0.2) is 0 Å². The van der Waals surface area contributed by atoms with Crippen LogP contribution in [0.2, 0.25) is 0 Å². The average Bonchev–Trinajstić information content (AvgIpc) is 1.88. The number of hydrogen-bond donors (Lipinski definition) is 3. The lowest BCUT2D eigenvalue weighted by atomic mass is 10.2. The molecule has 1 aliphatic rings. The normalized spacial score (nSPS) is 23.3. The molecule has 0 aliphatic carbocycles. The summed E-state index contributed by atoms with van der Waals surface area (Å²) in [5, 5.41) is 5.19. The van der Waals surface area contributed by atoms with Crippen molar-refractivity contribution in [2.75, 3.05) is 13.1 Å². The summed E-state index contributed by atoms with van der Waals surface area (Å²) in [5.41, 5.74) is 4.96. The van der Waals surface area contributed by atoms with E-state index in [0.717, 1.165) is 0 Å². The lowest BCUT2D eigenvalue weighted by Gasteiger charge is -2.20. The van der Waals surface area contributed by atoms with E-state index in [4.69, 9.17) is 5.73 Å². The first kappa shape index (κ1) is 10.2. The lowest BCUT2D eigenvalue weighted by Crippen LogP contribution is -2.56. The average molecular weight is 180 g/mol. The molecule has 0 saturated carbocycles. The molecule has 0 aromatic carbocycles. The largest absolute Gasteiger partial charge is 0.368 e. The molecule has 64 valence electrons. The molecule has 0 aromatic heterocycles. The molecule has 0 radical (unpaired) electrons. The molecule has 5 nitrogen and oxygen atoms in total. The van der Waals surface area contributed by atoms with Crippen molar-refractivity contribution in [3.8, 4) is 0 Å². The molecular formula is C5H10ClN3O2. The summed E-state index contributed by atoms with van der Waals surface area (Å²) in [6.45, 7) is 0.474. The lowest BCUT2D eigenvalue weighted by molar-refractivity contribution is -0.124. The number of nitrogens with two attached hydrogens (primary N) is 1. The highest BCUT2D eigenvalue weighted by Crippen LogP contribution is 1.84. The van der Waals surface area contributed by atoms with Crippen LogP contribution in [0, 0.1) is 0 Å². The van der Waals surface area contributed by atoms with Crippen LogP contribution in [-0.2, 0) is 9.59 Å². The Kier molecular flexibility index (Phi) is 3.84. The number of carbonyl (C=O) groups excluding carboxylic acids is 2. The van der Waals surface area contributed by atoms with Gasteiger partial charge in [0.1, 0.15) is 6.04 Å². The smallest absolute Gasteiger partial charge is 0.236 e. The van der Waals surface area contributed by atoms with Gasteiger partial charge in [-0.3, -0.25) is 14.9 Å². The number of piperazine rings is 1. The SMILES string of the molecule is Cl.NC(=O)C1CNC(=O)CN1. The Morgan fingerprint density at radius 3 is 2.64 bits per heavy atom. The number of amides is 2. The first-order valence-electron chi connectivity index (χ1n) is 2.99. The van der Waals surface area contributed by atoms with E-state index in [1.54, 1.807) is 0 Å². The van der Waals surface area contributed by atoms with Gasteiger partial charge in [-0.1, -0.05) is 0 Å². The van der Waals surface area contributed by atoms with Gasteiger partial charge < -0.3 is 11.1 Å². The Morgan fingerprint density at radius 1 is 1.64 bits per heavy atom. The van der Waals surface area contributed by atoms with E-state index >= 15 is 0 Å². The van der Waals surface area contributed by atoms with Gasteiger partial charge >= 0.3 is 0 Å². The summed E-state index contributed by atoms with van der Waals surface area (Å²) < 4.78 is 0. The highest BCUT2D eigenvalue weighted by atomic mass is 35.5. The zero-order valence-corrected chi connectivity index (χ0v) is 6.61. The summed E-state index contributed by atoms with van der Waals surface area (Å²) in [6.07, 6.45) is 0. The fourth-order valence-corrected chi connectivity index (χ4v) is 0.768. The minimum Gasteiger partial charge on any atom is -0.368 e. The molecule has 6 heteroatoms. The number of carbonyl (C=O) groups is 2. The Morgan fingerprint density at radius 2 is 2.27 bits per heavy atom. The van der Waals surface area contributed by atoms with E-state index < -0.39 is 11.9 Å². The summed E-state index contributed by atoms with van der Waals surface area (Å²) in [5.74, 6) is -0.530. The topological polar surface area (TPSA) is 84.2 Å². The second-order valence-corrected chi connectivity index (χ2v) is 2.14. The van der Waals surface area contributed by atoms with Gasteiger partial charge in [0, 0.05) is 6.54 Å². The van der Waals surface area contributed by atoms with E-state index in [9.17, 15) is 9.59 Å². The summed E-state index contributed by atoms with van der Waals surface area (Å²) in [7, 11) is 0. The molecule has 11 heavy (non-hydrogen) atoms. The Bertz CT molecular complexity index is 163. The number of primary amides is 1. The molecule has 4 N–H and O–H groups in total. The second-order valence-electron chi connectivity index (χ2n) is 2.14. The third kappa shape index (κ3) is 2.73. The minimum absolute atomic E-state index is 0. The molecule has 1 rings (SSSR count). The molecule has 1 heterocycles. The monoisotopic (exact) mass is 179 g/mol. The standard InChI is InChI=1S/C5H9N3O2.ClH/c6-5(10)3-1-8-4(9)2-7-3;/h3,7H,1-2H2,(H2,6,10)(H,8,9);1H. The molecule has 2 amide bonds. The fourth-order valence-electron chi connectivity index (χ4n) is 0.768. The zero-order chi connectivity index (χ0) is 7.56. The van der Waals surface area contributed by atoms with Gasteiger partial charge in [-0.15, -0.1) is 12.4 Å². The van der Waals surface area contributed by atoms with Crippen molar-refractivity contribution in [1.29, 1.82) is 0 Å². The first-order valence-corrected chi connectivity index (χ1v) is 2.99. The van der Waals surface area contributed by atoms with Crippen molar-refractivity contribution in [2.24, 2.45) is 5.73 Å². The summed E-state index contributed by atoms with van der Waals surface area (Å²) in [6, 6.07) is -0.405. The van der Waals surface area contributed by atoms with Gasteiger partial charge in [-0.25, -0.2) is 0 Å². The molecule has 1 unspecified atom stereocenters. The molecule has 1 aliphatic heterocycles. The van der Waals surface area contributed by atoms with Gasteiger partial charge in [-0.2, -0.15) is 0 Å².